The van der Waals surface area contributed by atoms with Crippen LogP contribution in [-0.2, 0) is 34.2 Å². The monoisotopic (exact) mass is 434 g/mol. The van der Waals surface area contributed by atoms with E-state index < -0.39 is 10.0 Å². The zero-order valence-corrected chi connectivity index (χ0v) is 17.9. The summed E-state index contributed by atoms with van der Waals surface area (Å²) in [7, 11) is -3.31. The Hall–Kier alpha value is -2.59. The number of carbonyl (C=O) groups is 1. The molecule has 10 heteroatoms. The first-order valence-electron chi connectivity index (χ1n) is 10.0. The molecule has 9 nitrogen and oxygen atoms in total. The number of anilines is 1. The molecule has 2 N–H and O–H groups in total. The maximum atomic E-state index is 12.5. The molecule has 162 valence electrons. The van der Waals surface area contributed by atoms with Gasteiger partial charge in [0.1, 0.15) is 13.2 Å². The number of hydrogen-bond acceptors (Lipinski definition) is 6. The van der Waals surface area contributed by atoms with E-state index in [0.29, 0.717) is 43.5 Å². The van der Waals surface area contributed by atoms with E-state index >= 15 is 0 Å². The van der Waals surface area contributed by atoms with Gasteiger partial charge in [0.2, 0.25) is 15.9 Å². The number of aromatic nitrogens is 2. The topological polar surface area (TPSA) is 114 Å². The number of amides is 1. The van der Waals surface area contributed by atoms with Gasteiger partial charge in [-0.3, -0.25) is 9.89 Å². The first-order valence-corrected chi connectivity index (χ1v) is 11.6. The van der Waals surface area contributed by atoms with Crippen LogP contribution >= 0.6 is 0 Å². The summed E-state index contributed by atoms with van der Waals surface area (Å²) in [6.07, 6.45) is 0.677. The summed E-state index contributed by atoms with van der Waals surface area (Å²) in [4.78, 5) is 12.5. The fraction of sp³-hybridized carbons (Fsp3) is 0.500. The molecule has 1 aromatic heterocycles. The Morgan fingerprint density at radius 2 is 2.03 bits per heavy atom. The molecular formula is C20H26N4O5S. The molecule has 0 radical (unpaired) electrons. The van der Waals surface area contributed by atoms with Crippen LogP contribution < -0.4 is 14.8 Å². The van der Waals surface area contributed by atoms with Crippen LogP contribution in [0.5, 0.6) is 11.5 Å². The van der Waals surface area contributed by atoms with Gasteiger partial charge >= 0.3 is 0 Å². The van der Waals surface area contributed by atoms with Gasteiger partial charge in [0.05, 0.1) is 24.4 Å². The van der Waals surface area contributed by atoms with Crippen molar-refractivity contribution < 1.29 is 22.7 Å². The summed E-state index contributed by atoms with van der Waals surface area (Å²) in [6, 6.07) is 5.45. The van der Waals surface area contributed by atoms with Crippen molar-refractivity contribution in [3.63, 3.8) is 0 Å². The Balaban J connectivity index is 1.41. The van der Waals surface area contributed by atoms with Crippen LogP contribution in [0.25, 0.3) is 0 Å². The van der Waals surface area contributed by atoms with Gasteiger partial charge in [-0.1, -0.05) is 19.9 Å². The third-order valence-electron chi connectivity index (χ3n) is 5.06. The molecule has 2 aliphatic rings. The number of aromatic amines is 1. The number of hydrogen-bond donors (Lipinski definition) is 2. The third-order valence-corrected chi connectivity index (χ3v) is 7.25. The standard InChI is InChI=1S/C20H26N4O5S/c1-13(2)12-30(26,27)24-6-5-15-16(11-24)22-23-20(15)21-19(25)10-14-3-4-17-18(9-14)29-8-7-28-17/h3-4,9,13H,5-8,10-12H2,1-2H3,(H2,21,22,23,25). The summed E-state index contributed by atoms with van der Waals surface area (Å²) in [5, 5.41) is 9.93. The number of rotatable bonds is 6. The molecular weight excluding hydrogens is 408 g/mol. The summed E-state index contributed by atoms with van der Waals surface area (Å²) < 4.78 is 37.5. The van der Waals surface area contributed by atoms with Crippen molar-refractivity contribution in [2.24, 2.45) is 5.92 Å². The van der Waals surface area contributed by atoms with Gasteiger partial charge in [-0.25, -0.2) is 8.42 Å². The molecule has 0 saturated heterocycles. The van der Waals surface area contributed by atoms with Gasteiger partial charge in [0, 0.05) is 12.1 Å². The molecule has 0 unspecified atom stereocenters. The van der Waals surface area contributed by atoms with Crippen molar-refractivity contribution in [3.8, 4) is 11.5 Å². The van der Waals surface area contributed by atoms with Crippen molar-refractivity contribution in [1.29, 1.82) is 0 Å². The van der Waals surface area contributed by atoms with E-state index in [1.165, 1.54) is 4.31 Å². The predicted molar refractivity (Wildman–Crippen MR) is 111 cm³/mol. The van der Waals surface area contributed by atoms with Gasteiger partial charge in [-0.05, 0) is 30.0 Å². The van der Waals surface area contributed by atoms with Crippen LogP contribution in [0.1, 0.15) is 30.7 Å². The van der Waals surface area contributed by atoms with Crippen molar-refractivity contribution >= 4 is 21.7 Å². The number of benzene rings is 1. The summed E-state index contributed by atoms with van der Waals surface area (Å²) >= 11 is 0. The SMILES string of the molecule is CC(C)CS(=O)(=O)N1CCc2c(NC(=O)Cc3ccc4c(c3)OCCO4)n[nH]c2C1. The average molecular weight is 435 g/mol. The highest BCUT2D eigenvalue weighted by Gasteiger charge is 2.30. The van der Waals surface area contributed by atoms with Crippen LogP contribution in [0.4, 0.5) is 5.82 Å². The highest BCUT2D eigenvalue weighted by atomic mass is 32.2. The van der Waals surface area contributed by atoms with Crippen LogP contribution in [0.2, 0.25) is 0 Å². The Bertz CT molecular complexity index is 1050. The lowest BCUT2D eigenvalue weighted by atomic mass is 10.1. The van der Waals surface area contributed by atoms with Crippen molar-refractivity contribution in [1.82, 2.24) is 14.5 Å². The number of sulfonamides is 1. The number of nitrogens with one attached hydrogen (secondary N) is 2. The second-order valence-corrected chi connectivity index (χ2v) is 10.0. The number of ether oxygens (including phenoxy) is 2. The van der Waals surface area contributed by atoms with Crippen LogP contribution in [-0.4, -0.2) is 54.3 Å². The van der Waals surface area contributed by atoms with E-state index in [2.05, 4.69) is 15.5 Å². The molecule has 4 rings (SSSR count). The number of fused-ring (bicyclic) bond motifs is 2. The highest BCUT2D eigenvalue weighted by Crippen LogP contribution is 2.31. The second kappa shape index (κ2) is 8.27. The average Bonchev–Trinajstić information content (AvgIpc) is 3.09. The molecule has 0 bridgehead atoms. The first kappa shape index (κ1) is 20.7. The van der Waals surface area contributed by atoms with Crippen molar-refractivity contribution in [2.75, 3.05) is 30.8 Å². The minimum absolute atomic E-state index is 0.0635. The largest absolute Gasteiger partial charge is 0.486 e. The molecule has 1 aromatic carbocycles. The molecule has 2 aliphatic heterocycles. The maximum absolute atomic E-state index is 12.5. The van der Waals surface area contributed by atoms with E-state index in [1.54, 1.807) is 6.07 Å². The van der Waals surface area contributed by atoms with E-state index in [1.807, 2.05) is 26.0 Å². The fourth-order valence-corrected chi connectivity index (χ4v) is 5.47. The van der Waals surface area contributed by atoms with Gasteiger partial charge in [-0.15, -0.1) is 0 Å². The van der Waals surface area contributed by atoms with E-state index in [9.17, 15) is 13.2 Å². The van der Waals surface area contributed by atoms with Crippen molar-refractivity contribution in [3.05, 3.63) is 35.0 Å². The summed E-state index contributed by atoms with van der Waals surface area (Å²) in [5.41, 5.74) is 2.40. The zero-order chi connectivity index (χ0) is 21.3. The molecule has 0 spiro atoms. The molecule has 1 amide bonds. The molecule has 2 aromatic rings. The summed E-state index contributed by atoms with van der Waals surface area (Å²) in [6.45, 7) is 5.41. The Labute approximate surface area is 175 Å². The summed E-state index contributed by atoms with van der Waals surface area (Å²) in [5.74, 6) is 1.78. The Kier molecular flexibility index (Phi) is 5.70. The Morgan fingerprint density at radius 1 is 1.27 bits per heavy atom. The number of H-pyrrole nitrogens is 1. The smallest absolute Gasteiger partial charge is 0.230 e. The molecule has 0 saturated carbocycles. The molecule has 0 aliphatic carbocycles. The second-order valence-electron chi connectivity index (χ2n) is 7.99. The molecule has 0 atom stereocenters. The minimum Gasteiger partial charge on any atom is -0.486 e. The van der Waals surface area contributed by atoms with Crippen LogP contribution in [0, 0.1) is 5.92 Å². The number of carbonyl (C=O) groups excluding carboxylic acids is 1. The van der Waals surface area contributed by atoms with Gasteiger partial charge < -0.3 is 14.8 Å². The lowest BCUT2D eigenvalue weighted by Gasteiger charge is -2.26. The van der Waals surface area contributed by atoms with Gasteiger partial charge in [0.15, 0.2) is 17.3 Å². The predicted octanol–water partition coefficient (Wildman–Crippen LogP) is 1.71. The third kappa shape index (κ3) is 4.44. The maximum Gasteiger partial charge on any atom is 0.230 e. The van der Waals surface area contributed by atoms with E-state index in [4.69, 9.17) is 9.47 Å². The van der Waals surface area contributed by atoms with Gasteiger partial charge in [-0.2, -0.15) is 9.40 Å². The highest BCUT2D eigenvalue weighted by molar-refractivity contribution is 7.89. The Morgan fingerprint density at radius 3 is 2.80 bits per heavy atom. The lowest BCUT2D eigenvalue weighted by Crippen LogP contribution is -2.38. The molecule has 30 heavy (non-hydrogen) atoms. The lowest BCUT2D eigenvalue weighted by molar-refractivity contribution is -0.115. The molecule has 0 fully saturated rings. The van der Waals surface area contributed by atoms with Crippen molar-refractivity contribution in [2.45, 2.75) is 33.2 Å². The quantitative estimate of drug-likeness (QED) is 0.716. The zero-order valence-electron chi connectivity index (χ0n) is 17.1. The van der Waals surface area contributed by atoms with Gasteiger partial charge in [0.25, 0.3) is 0 Å². The van der Waals surface area contributed by atoms with E-state index in [0.717, 1.165) is 16.8 Å². The molecule has 3 heterocycles. The minimum atomic E-state index is -3.31. The fourth-order valence-electron chi connectivity index (χ4n) is 3.72. The van der Waals surface area contributed by atoms with Crippen LogP contribution in [0.3, 0.4) is 0 Å². The first-order chi connectivity index (χ1) is 14.3. The van der Waals surface area contributed by atoms with E-state index in [-0.39, 0.29) is 30.5 Å². The van der Waals surface area contributed by atoms with Crippen LogP contribution in [0.15, 0.2) is 18.2 Å². The normalized spacial score (nSPS) is 16.4. The number of nitrogens with zero attached hydrogens (tertiary/aromatic N) is 2.